The van der Waals surface area contributed by atoms with Gasteiger partial charge in [-0.15, -0.1) is 11.3 Å². The van der Waals surface area contributed by atoms with Crippen molar-refractivity contribution in [3.8, 4) is 10.6 Å². The van der Waals surface area contributed by atoms with E-state index in [1.807, 2.05) is 0 Å². The number of hydrogen-bond acceptors (Lipinski definition) is 8. The van der Waals surface area contributed by atoms with Gasteiger partial charge in [0.25, 0.3) is 0 Å². The van der Waals surface area contributed by atoms with Crippen molar-refractivity contribution < 1.29 is 9.50 Å². The predicted octanol–water partition coefficient (Wildman–Crippen LogP) is 4.53. The standard InChI is InChI=1S/C16H9Cl2FN6S.CH4O/c17-8-3-7(20)4-9(18)12(8)16-25-13-10(19)5-22-15(14(13)26-16)24-11-1-2-21-6-23-11;1-2/h1-6H,20H2,(H,21,22,23,24);2H,1H3. The molecule has 0 spiro atoms. The quantitative estimate of drug-likeness (QED) is 0.403. The Bertz CT molecular complexity index is 1100. The number of hydrogen-bond donors (Lipinski definition) is 3. The summed E-state index contributed by atoms with van der Waals surface area (Å²) in [7, 11) is 1.00. The monoisotopic (exact) mass is 438 g/mol. The maximum absolute atomic E-state index is 14.2. The summed E-state index contributed by atoms with van der Waals surface area (Å²) in [6.07, 6.45) is 4.08. The summed E-state index contributed by atoms with van der Waals surface area (Å²) in [6, 6.07) is 4.82. The average Bonchev–Trinajstić information content (AvgIpc) is 3.12. The molecule has 0 saturated carbocycles. The van der Waals surface area contributed by atoms with Crippen LogP contribution in [0.2, 0.25) is 10.0 Å². The number of fused-ring (bicyclic) bond motifs is 1. The third-order valence-corrected chi connectivity index (χ3v) is 5.16. The van der Waals surface area contributed by atoms with Crippen molar-refractivity contribution in [2.75, 3.05) is 18.2 Å². The maximum atomic E-state index is 14.2. The van der Waals surface area contributed by atoms with Gasteiger partial charge >= 0.3 is 0 Å². The van der Waals surface area contributed by atoms with E-state index in [1.165, 1.54) is 17.7 Å². The van der Waals surface area contributed by atoms with Gasteiger partial charge in [-0.1, -0.05) is 23.2 Å². The van der Waals surface area contributed by atoms with Crippen LogP contribution in [-0.2, 0) is 0 Å². The molecule has 0 aliphatic carbocycles. The van der Waals surface area contributed by atoms with E-state index in [-0.39, 0.29) is 5.52 Å². The van der Waals surface area contributed by atoms with Crippen LogP contribution in [0.15, 0.2) is 36.9 Å². The van der Waals surface area contributed by atoms with Gasteiger partial charge in [0.05, 0.1) is 16.2 Å². The summed E-state index contributed by atoms with van der Waals surface area (Å²) >= 11 is 13.7. The van der Waals surface area contributed by atoms with Crippen LogP contribution in [0.5, 0.6) is 0 Å². The molecule has 0 atom stereocenters. The molecule has 0 aliphatic heterocycles. The van der Waals surface area contributed by atoms with Crippen molar-refractivity contribution >= 4 is 62.1 Å². The summed E-state index contributed by atoms with van der Waals surface area (Å²) in [5.74, 6) is 0.406. The first-order chi connectivity index (χ1) is 13.5. The number of nitrogens with one attached hydrogen (secondary N) is 1. The van der Waals surface area contributed by atoms with Crippen LogP contribution >= 0.6 is 34.5 Å². The first-order valence-corrected chi connectivity index (χ1v) is 9.28. The topological polar surface area (TPSA) is 110 Å². The number of thiazole rings is 1. The Balaban J connectivity index is 0.00000109. The van der Waals surface area contributed by atoms with E-state index in [0.717, 1.165) is 13.3 Å². The fraction of sp³-hybridized carbons (Fsp3) is 0.0588. The Hall–Kier alpha value is -2.59. The van der Waals surface area contributed by atoms with Gasteiger partial charge in [-0.05, 0) is 18.2 Å². The largest absolute Gasteiger partial charge is 0.400 e. The first-order valence-electron chi connectivity index (χ1n) is 7.70. The Morgan fingerprint density at radius 3 is 2.54 bits per heavy atom. The number of halogens is 3. The molecule has 0 saturated heterocycles. The predicted molar refractivity (Wildman–Crippen MR) is 111 cm³/mol. The van der Waals surface area contributed by atoms with E-state index < -0.39 is 5.82 Å². The van der Waals surface area contributed by atoms with Crippen LogP contribution in [0.25, 0.3) is 20.8 Å². The molecule has 4 N–H and O–H groups in total. The van der Waals surface area contributed by atoms with Crippen LogP contribution in [0.3, 0.4) is 0 Å². The molecule has 0 bridgehead atoms. The van der Waals surface area contributed by atoms with Gasteiger partial charge in [-0.2, -0.15) is 0 Å². The lowest BCUT2D eigenvalue weighted by Crippen LogP contribution is -1.97. The number of pyridine rings is 1. The number of aliphatic hydroxyl groups is 1. The molecule has 144 valence electrons. The minimum absolute atomic E-state index is 0.167. The lowest BCUT2D eigenvalue weighted by molar-refractivity contribution is 0.399. The molecule has 28 heavy (non-hydrogen) atoms. The van der Waals surface area contributed by atoms with Gasteiger partial charge in [-0.25, -0.2) is 24.3 Å². The number of rotatable bonds is 3. The van der Waals surface area contributed by atoms with Crippen LogP contribution in [-0.4, -0.2) is 32.2 Å². The summed E-state index contributed by atoms with van der Waals surface area (Å²) in [6.45, 7) is 0. The minimum atomic E-state index is -0.543. The summed E-state index contributed by atoms with van der Waals surface area (Å²) in [4.78, 5) is 16.4. The minimum Gasteiger partial charge on any atom is -0.400 e. The fourth-order valence-electron chi connectivity index (χ4n) is 2.36. The second-order valence-electron chi connectivity index (χ2n) is 5.23. The molecule has 4 aromatic rings. The molecular formula is C17H13Cl2FN6OS. The average molecular weight is 439 g/mol. The number of anilines is 3. The smallest absolute Gasteiger partial charge is 0.168 e. The first kappa shape index (κ1) is 20.2. The highest BCUT2D eigenvalue weighted by Gasteiger charge is 2.19. The fourth-order valence-corrected chi connectivity index (χ4v) is 4.25. The van der Waals surface area contributed by atoms with Crippen molar-refractivity contribution in [1.82, 2.24) is 19.9 Å². The van der Waals surface area contributed by atoms with Crippen LogP contribution in [0.1, 0.15) is 0 Å². The maximum Gasteiger partial charge on any atom is 0.168 e. The van der Waals surface area contributed by atoms with Gasteiger partial charge in [-0.3, -0.25) is 0 Å². The molecule has 0 fully saturated rings. The zero-order valence-electron chi connectivity index (χ0n) is 14.3. The van der Waals surface area contributed by atoms with Crippen molar-refractivity contribution in [3.05, 3.63) is 52.8 Å². The molecule has 3 aromatic heterocycles. The van der Waals surface area contributed by atoms with E-state index in [9.17, 15) is 4.39 Å². The summed E-state index contributed by atoms with van der Waals surface area (Å²) < 4.78 is 14.8. The highest BCUT2D eigenvalue weighted by Crippen LogP contribution is 2.42. The third kappa shape index (κ3) is 3.97. The highest BCUT2D eigenvalue weighted by molar-refractivity contribution is 7.22. The van der Waals surface area contributed by atoms with Gasteiger partial charge < -0.3 is 16.2 Å². The van der Waals surface area contributed by atoms with Gasteiger partial charge in [0.15, 0.2) is 11.6 Å². The van der Waals surface area contributed by atoms with Crippen molar-refractivity contribution in [3.63, 3.8) is 0 Å². The zero-order valence-corrected chi connectivity index (χ0v) is 16.6. The number of nitrogens with zero attached hydrogens (tertiary/aromatic N) is 4. The second-order valence-corrected chi connectivity index (χ2v) is 7.04. The van der Waals surface area contributed by atoms with Gasteiger partial charge in [0.1, 0.15) is 27.4 Å². The lowest BCUT2D eigenvalue weighted by Gasteiger charge is -2.05. The molecule has 3 heterocycles. The molecule has 7 nitrogen and oxygen atoms in total. The second kappa shape index (κ2) is 8.61. The Kier molecular flexibility index (Phi) is 6.20. The van der Waals surface area contributed by atoms with E-state index in [0.29, 0.717) is 42.6 Å². The molecular weight excluding hydrogens is 426 g/mol. The number of benzene rings is 1. The van der Waals surface area contributed by atoms with E-state index in [2.05, 4.69) is 25.3 Å². The van der Waals surface area contributed by atoms with Gasteiger partial charge in [0, 0.05) is 24.6 Å². The molecule has 1 aromatic carbocycles. The third-order valence-electron chi connectivity index (χ3n) is 3.48. The molecule has 0 aliphatic rings. The van der Waals surface area contributed by atoms with Crippen LogP contribution < -0.4 is 11.1 Å². The number of aliphatic hydroxyl groups excluding tert-OH is 1. The molecule has 0 unspecified atom stereocenters. The summed E-state index contributed by atoms with van der Waals surface area (Å²) in [5, 5.41) is 11.2. The van der Waals surface area contributed by atoms with E-state index >= 15 is 0 Å². The SMILES string of the molecule is CO.Nc1cc(Cl)c(-c2nc3c(F)cnc(Nc4ccncn4)c3s2)c(Cl)c1. The van der Waals surface area contributed by atoms with Crippen molar-refractivity contribution in [1.29, 1.82) is 0 Å². The Morgan fingerprint density at radius 2 is 1.89 bits per heavy atom. The van der Waals surface area contributed by atoms with Crippen LogP contribution in [0.4, 0.5) is 21.7 Å². The van der Waals surface area contributed by atoms with E-state index in [1.54, 1.807) is 24.4 Å². The van der Waals surface area contributed by atoms with Crippen molar-refractivity contribution in [2.45, 2.75) is 0 Å². The van der Waals surface area contributed by atoms with Gasteiger partial charge in [0.2, 0.25) is 0 Å². The number of nitrogen functional groups attached to an aromatic ring is 1. The lowest BCUT2D eigenvalue weighted by atomic mass is 10.2. The Labute approximate surface area is 173 Å². The van der Waals surface area contributed by atoms with Crippen LogP contribution in [0, 0.1) is 5.82 Å². The number of nitrogens with two attached hydrogens (primary N) is 1. The molecule has 4 rings (SSSR count). The normalized spacial score (nSPS) is 10.5. The molecule has 0 amide bonds. The van der Waals surface area contributed by atoms with E-state index in [4.69, 9.17) is 34.0 Å². The van der Waals surface area contributed by atoms with Crippen molar-refractivity contribution in [2.24, 2.45) is 0 Å². The Morgan fingerprint density at radius 1 is 1.18 bits per heavy atom. The molecule has 0 radical (unpaired) electrons. The summed E-state index contributed by atoms with van der Waals surface area (Å²) in [5.41, 5.74) is 6.84. The highest BCUT2D eigenvalue weighted by atomic mass is 35.5. The zero-order chi connectivity index (χ0) is 20.3. The molecule has 11 heteroatoms. The number of aromatic nitrogens is 4.